The zero-order chi connectivity index (χ0) is 19.4. The molecule has 0 saturated carbocycles. The summed E-state index contributed by atoms with van der Waals surface area (Å²) in [5.41, 5.74) is 4.20. The zero-order valence-electron chi connectivity index (χ0n) is 15.9. The highest BCUT2D eigenvalue weighted by atomic mass is 32.2. The van der Waals surface area contributed by atoms with Crippen molar-refractivity contribution in [2.45, 2.75) is 43.7 Å². The second kappa shape index (κ2) is 8.99. The van der Waals surface area contributed by atoms with Crippen molar-refractivity contribution < 1.29 is 4.79 Å². The molecule has 0 aliphatic rings. The fourth-order valence-corrected chi connectivity index (χ4v) is 5.42. The molecule has 1 atom stereocenters. The number of nitrogens with zero attached hydrogens (tertiary/aromatic N) is 2. The van der Waals surface area contributed by atoms with Crippen molar-refractivity contribution in [3.8, 4) is 0 Å². The van der Waals surface area contributed by atoms with Gasteiger partial charge in [-0.2, -0.15) is 0 Å². The molecule has 4 nitrogen and oxygen atoms in total. The summed E-state index contributed by atoms with van der Waals surface area (Å²) in [5, 5.41) is 14.4. The Kier molecular flexibility index (Phi) is 6.68. The van der Waals surface area contributed by atoms with E-state index in [1.165, 1.54) is 33.5 Å². The van der Waals surface area contributed by atoms with Gasteiger partial charge in [-0.3, -0.25) is 4.79 Å². The van der Waals surface area contributed by atoms with Gasteiger partial charge in [0.15, 0.2) is 10.1 Å². The van der Waals surface area contributed by atoms with Crippen molar-refractivity contribution in [3.63, 3.8) is 0 Å². The van der Waals surface area contributed by atoms with E-state index in [1.807, 2.05) is 26.8 Å². The van der Waals surface area contributed by atoms with Gasteiger partial charge in [-0.25, -0.2) is 0 Å². The van der Waals surface area contributed by atoms with Crippen LogP contribution in [0.2, 0.25) is 0 Å². The van der Waals surface area contributed by atoms with E-state index in [4.69, 9.17) is 0 Å². The average Bonchev–Trinajstić information content (AvgIpc) is 3.30. The SMILES string of the molecule is Cc1cc(C)c(C(=O)C(C)Sc2nnc(NCCc3cccs3)s2)cc1C. The molecule has 2 heterocycles. The Balaban J connectivity index is 1.57. The highest BCUT2D eigenvalue weighted by molar-refractivity contribution is 8.02. The number of ketones is 1. The first-order chi connectivity index (χ1) is 12.9. The number of rotatable bonds is 8. The third-order valence-electron chi connectivity index (χ3n) is 4.39. The first-order valence-electron chi connectivity index (χ1n) is 8.82. The molecule has 3 rings (SSSR count). The molecule has 0 spiro atoms. The second-order valence-electron chi connectivity index (χ2n) is 6.50. The molecule has 3 aromatic rings. The van der Waals surface area contributed by atoms with Crippen LogP contribution < -0.4 is 5.32 Å². The molecule has 7 heteroatoms. The van der Waals surface area contributed by atoms with E-state index in [1.54, 1.807) is 11.3 Å². The van der Waals surface area contributed by atoms with Crippen LogP contribution in [0.5, 0.6) is 0 Å². The van der Waals surface area contributed by atoms with E-state index < -0.39 is 0 Å². The van der Waals surface area contributed by atoms with E-state index in [9.17, 15) is 4.79 Å². The van der Waals surface area contributed by atoms with Gasteiger partial charge in [0.25, 0.3) is 0 Å². The van der Waals surface area contributed by atoms with Crippen LogP contribution in [0.4, 0.5) is 5.13 Å². The average molecular weight is 418 g/mol. The maximum atomic E-state index is 12.9. The number of anilines is 1. The van der Waals surface area contributed by atoms with Gasteiger partial charge in [0.1, 0.15) is 0 Å². The quantitative estimate of drug-likeness (QED) is 0.385. The maximum Gasteiger partial charge on any atom is 0.206 e. The Morgan fingerprint density at radius 3 is 2.70 bits per heavy atom. The molecule has 0 bridgehead atoms. The fourth-order valence-electron chi connectivity index (χ4n) is 2.73. The lowest BCUT2D eigenvalue weighted by Crippen LogP contribution is -2.15. The van der Waals surface area contributed by atoms with Gasteiger partial charge in [-0.1, -0.05) is 35.2 Å². The van der Waals surface area contributed by atoms with E-state index in [0.717, 1.165) is 39.1 Å². The maximum absolute atomic E-state index is 12.9. The lowest BCUT2D eigenvalue weighted by Gasteiger charge is -2.12. The standard InChI is InChI=1S/C20H23N3OS3/c1-12-10-14(3)17(11-13(12)2)18(24)15(4)26-20-23-22-19(27-20)21-8-7-16-6-5-9-25-16/h5-6,9-11,15H,7-8H2,1-4H3,(H,21,22). The minimum Gasteiger partial charge on any atom is -0.360 e. The van der Waals surface area contributed by atoms with Crippen molar-refractivity contribution in [1.82, 2.24) is 10.2 Å². The lowest BCUT2D eigenvalue weighted by atomic mass is 9.97. The molecule has 27 heavy (non-hydrogen) atoms. The van der Waals surface area contributed by atoms with Gasteiger partial charge < -0.3 is 5.32 Å². The minimum absolute atomic E-state index is 0.142. The number of benzene rings is 1. The summed E-state index contributed by atoms with van der Waals surface area (Å²) in [6.45, 7) is 8.88. The molecular weight excluding hydrogens is 394 g/mol. The summed E-state index contributed by atoms with van der Waals surface area (Å²) < 4.78 is 0.816. The summed E-state index contributed by atoms with van der Waals surface area (Å²) >= 11 is 4.74. The van der Waals surface area contributed by atoms with E-state index >= 15 is 0 Å². The fraction of sp³-hybridized carbons (Fsp3) is 0.350. The number of nitrogens with one attached hydrogen (secondary N) is 1. The molecule has 2 aromatic heterocycles. The Morgan fingerprint density at radius 2 is 1.96 bits per heavy atom. The van der Waals surface area contributed by atoms with E-state index in [-0.39, 0.29) is 11.0 Å². The largest absolute Gasteiger partial charge is 0.360 e. The smallest absolute Gasteiger partial charge is 0.206 e. The van der Waals surface area contributed by atoms with Crippen LogP contribution >= 0.6 is 34.4 Å². The van der Waals surface area contributed by atoms with Gasteiger partial charge >= 0.3 is 0 Å². The second-order valence-corrected chi connectivity index (χ2v) is 10.1. The number of aromatic nitrogens is 2. The number of carbonyl (C=O) groups is 1. The molecule has 0 radical (unpaired) electrons. The van der Waals surface area contributed by atoms with Crippen LogP contribution in [0, 0.1) is 20.8 Å². The molecule has 142 valence electrons. The molecule has 0 aliphatic heterocycles. The number of Topliss-reactive ketones (excluding diaryl/α,β-unsaturated/α-hetero) is 1. The number of thioether (sulfide) groups is 1. The van der Waals surface area contributed by atoms with Gasteiger partial charge in [0, 0.05) is 17.0 Å². The minimum atomic E-state index is -0.197. The lowest BCUT2D eigenvalue weighted by molar-refractivity contribution is 0.0993. The first-order valence-corrected chi connectivity index (χ1v) is 11.4. The Labute approximate surface area is 172 Å². The third kappa shape index (κ3) is 5.18. The van der Waals surface area contributed by atoms with Gasteiger partial charge in [-0.15, -0.1) is 21.5 Å². The van der Waals surface area contributed by atoms with Gasteiger partial charge in [-0.05, 0) is 68.3 Å². The van der Waals surface area contributed by atoms with Crippen LogP contribution in [0.25, 0.3) is 0 Å². The van der Waals surface area contributed by atoms with Crippen molar-refractivity contribution >= 4 is 45.4 Å². The normalized spacial score (nSPS) is 12.1. The summed E-state index contributed by atoms with van der Waals surface area (Å²) in [6, 6.07) is 8.29. The highest BCUT2D eigenvalue weighted by Crippen LogP contribution is 2.31. The molecule has 0 saturated heterocycles. The van der Waals surface area contributed by atoms with Gasteiger partial charge in [0.05, 0.1) is 5.25 Å². The predicted octanol–water partition coefficient (Wildman–Crippen LogP) is 5.54. The Morgan fingerprint density at radius 1 is 1.19 bits per heavy atom. The number of aryl methyl sites for hydroxylation is 3. The highest BCUT2D eigenvalue weighted by Gasteiger charge is 2.21. The Hall–Kier alpha value is -1.70. The number of hydrogen-bond donors (Lipinski definition) is 1. The van der Waals surface area contributed by atoms with Crippen molar-refractivity contribution in [1.29, 1.82) is 0 Å². The van der Waals surface area contributed by atoms with Crippen LogP contribution in [-0.4, -0.2) is 27.8 Å². The van der Waals surface area contributed by atoms with Crippen molar-refractivity contribution in [2.24, 2.45) is 0 Å². The zero-order valence-corrected chi connectivity index (χ0v) is 18.4. The summed E-state index contributed by atoms with van der Waals surface area (Å²) in [5.74, 6) is 0.142. The molecule has 0 fully saturated rings. The van der Waals surface area contributed by atoms with Crippen molar-refractivity contribution in [2.75, 3.05) is 11.9 Å². The third-order valence-corrected chi connectivity index (χ3v) is 7.39. The molecule has 1 unspecified atom stereocenters. The number of carbonyl (C=O) groups excluding carboxylic acids is 1. The molecular formula is C20H23N3OS3. The summed E-state index contributed by atoms with van der Waals surface area (Å²) in [6.07, 6.45) is 0.973. The topological polar surface area (TPSA) is 54.9 Å². The van der Waals surface area contributed by atoms with E-state index in [2.05, 4.69) is 46.0 Å². The molecule has 0 aliphatic carbocycles. The predicted molar refractivity (Wildman–Crippen MR) is 117 cm³/mol. The van der Waals surface area contributed by atoms with Crippen LogP contribution in [0.1, 0.15) is 38.8 Å². The van der Waals surface area contributed by atoms with Crippen molar-refractivity contribution in [3.05, 3.63) is 56.8 Å². The molecule has 1 N–H and O–H groups in total. The molecule has 0 amide bonds. The number of hydrogen-bond acceptors (Lipinski definition) is 7. The summed E-state index contributed by atoms with van der Waals surface area (Å²) in [7, 11) is 0. The van der Waals surface area contributed by atoms with Gasteiger partial charge in [0.2, 0.25) is 5.13 Å². The monoisotopic (exact) mass is 417 g/mol. The van der Waals surface area contributed by atoms with Crippen LogP contribution in [0.15, 0.2) is 34.0 Å². The number of thiophene rings is 1. The summed E-state index contributed by atoms with van der Waals surface area (Å²) in [4.78, 5) is 14.2. The van der Waals surface area contributed by atoms with E-state index in [0.29, 0.717) is 0 Å². The van der Waals surface area contributed by atoms with Crippen LogP contribution in [-0.2, 0) is 6.42 Å². The first kappa shape index (κ1) is 20.0. The molecule has 1 aromatic carbocycles. The Bertz CT molecular complexity index is 919. The van der Waals surface area contributed by atoms with Crippen LogP contribution in [0.3, 0.4) is 0 Å².